The van der Waals surface area contributed by atoms with E-state index in [1.807, 2.05) is 27.7 Å². The minimum atomic E-state index is -0.0443. The number of nitrogens with zero attached hydrogens (tertiary/aromatic N) is 3. The number of thiophene rings is 1. The quantitative estimate of drug-likeness (QED) is 0.490. The lowest BCUT2D eigenvalue weighted by Gasteiger charge is -2.06. The van der Waals surface area contributed by atoms with E-state index in [1.54, 1.807) is 11.3 Å². The molecule has 0 aliphatic rings. The standard InChI is InChI=1S/C22H22N4OS2/c1-12-19-13(2)24-14(3)25-22(19)29-20(12)21(27)23-10-9-16-5-7-17(8-6-16)18-11-28-15(4)26-18/h5-8,11H,9-10H2,1-4H3,(H,23,27). The Hall–Kier alpha value is -2.64. The highest BCUT2D eigenvalue weighted by molar-refractivity contribution is 7.20. The van der Waals surface area contributed by atoms with Crippen LogP contribution in [0.25, 0.3) is 21.5 Å². The molecule has 0 saturated heterocycles. The first-order chi connectivity index (χ1) is 13.9. The number of thiazole rings is 1. The van der Waals surface area contributed by atoms with Gasteiger partial charge in [-0.1, -0.05) is 24.3 Å². The van der Waals surface area contributed by atoms with Gasteiger partial charge in [0.2, 0.25) is 0 Å². The van der Waals surface area contributed by atoms with Gasteiger partial charge in [-0.2, -0.15) is 0 Å². The van der Waals surface area contributed by atoms with Crippen molar-refractivity contribution in [2.75, 3.05) is 6.54 Å². The molecular formula is C22H22N4OS2. The molecule has 4 rings (SSSR count). The van der Waals surface area contributed by atoms with Gasteiger partial charge in [-0.15, -0.1) is 22.7 Å². The topological polar surface area (TPSA) is 67.8 Å². The van der Waals surface area contributed by atoms with Crippen molar-refractivity contribution in [3.05, 3.63) is 62.2 Å². The summed E-state index contributed by atoms with van der Waals surface area (Å²) in [5.74, 6) is 0.691. The maximum atomic E-state index is 12.7. The third-order valence-corrected chi connectivity index (χ3v) is 6.82. The van der Waals surface area contributed by atoms with Crippen LogP contribution in [0.15, 0.2) is 29.6 Å². The molecule has 148 valence electrons. The normalized spacial score (nSPS) is 11.2. The van der Waals surface area contributed by atoms with Crippen LogP contribution in [0.5, 0.6) is 0 Å². The Labute approximate surface area is 177 Å². The Kier molecular flexibility index (Phi) is 5.43. The summed E-state index contributed by atoms with van der Waals surface area (Å²) in [6.45, 7) is 8.42. The smallest absolute Gasteiger partial charge is 0.261 e. The van der Waals surface area contributed by atoms with Gasteiger partial charge in [-0.05, 0) is 45.2 Å². The number of carbonyl (C=O) groups excluding carboxylic acids is 1. The Morgan fingerprint density at radius 3 is 2.48 bits per heavy atom. The first-order valence-corrected chi connectivity index (χ1v) is 11.2. The number of hydrogen-bond acceptors (Lipinski definition) is 6. The van der Waals surface area contributed by atoms with Crippen LogP contribution in [0.1, 0.15) is 37.3 Å². The van der Waals surface area contributed by atoms with Crippen LogP contribution in [0, 0.1) is 27.7 Å². The molecule has 0 atom stereocenters. The molecule has 0 fully saturated rings. The molecule has 0 saturated carbocycles. The minimum Gasteiger partial charge on any atom is -0.351 e. The van der Waals surface area contributed by atoms with E-state index in [-0.39, 0.29) is 5.91 Å². The number of hydrogen-bond donors (Lipinski definition) is 1. The minimum absolute atomic E-state index is 0.0443. The fourth-order valence-corrected chi connectivity index (χ4v) is 5.25. The Morgan fingerprint density at radius 2 is 1.79 bits per heavy atom. The highest BCUT2D eigenvalue weighted by Crippen LogP contribution is 2.31. The van der Waals surface area contributed by atoms with E-state index in [0.29, 0.717) is 6.54 Å². The van der Waals surface area contributed by atoms with Crippen molar-refractivity contribution in [2.24, 2.45) is 0 Å². The fraction of sp³-hybridized carbons (Fsp3) is 0.273. The molecule has 0 unspecified atom stereocenters. The zero-order valence-electron chi connectivity index (χ0n) is 16.9. The summed E-state index contributed by atoms with van der Waals surface area (Å²) in [7, 11) is 0. The fourth-order valence-electron chi connectivity index (χ4n) is 3.43. The largest absolute Gasteiger partial charge is 0.351 e. The third kappa shape index (κ3) is 4.06. The highest BCUT2D eigenvalue weighted by atomic mass is 32.1. The lowest BCUT2D eigenvalue weighted by atomic mass is 10.1. The van der Waals surface area contributed by atoms with Gasteiger partial charge in [0, 0.05) is 28.6 Å². The monoisotopic (exact) mass is 422 g/mol. The molecule has 1 amide bonds. The van der Waals surface area contributed by atoms with E-state index in [9.17, 15) is 4.79 Å². The van der Waals surface area contributed by atoms with Crippen molar-refractivity contribution in [1.29, 1.82) is 0 Å². The zero-order chi connectivity index (χ0) is 20.5. The maximum absolute atomic E-state index is 12.7. The summed E-state index contributed by atoms with van der Waals surface area (Å²) >= 11 is 3.10. The van der Waals surface area contributed by atoms with Crippen LogP contribution in [-0.2, 0) is 6.42 Å². The second-order valence-electron chi connectivity index (χ2n) is 7.05. The molecule has 0 bridgehead atoms. The van der Waals surface area contributed by atoms with Crippen LogP contribution >= 0.6 is 22.7 Å². The Balaban J connectivity index is 1.41. The molecule has 5 nitrogen and oxygen atoms in total. The molecule has 0 aliphatic carbocycles. The summed E-state index contributed by atoms with van der Waals surface area (Å²) in [6, 6.07) is 8.38. The first kappa shape index (κ1) is 19.7. The number of aryl methyl sites for hydroxylation is 4. The van der Waals surface area contributed by atoms with Crippen LogP contribution in [0.4, 0.5) is 0 Å². The third-order valence-electron chi connectivity index (χ3n) is 4.86. The Morgan fingerprint density at radius 1 is 1.03 bits per heavy atom. The van der Waals surface area contributed by atoms with Gasteiger partial charge >= 0.3 is 0 Å². The van der Waals surface area contributed by atoms with Gasteiger partial charge in [-0.25, -0.2) is 15.0 Å². The number of benzene rings is 1. The molecular weight excluding hydrogens is 400 g/mol. The number of rotatable bonds is 5. The van der Waals surface area contributed by atoms with Crippen molar-refractivity contribution in [2.45, 2.75) is 34.1 Å². The molecule has 29 heavy (non-hydrogen) atoms. The average Bonchev–Trinajstić information content (AvgIpc) is 3.25. The van der Waals surface area contributed by atoms with Gasteiger partial charge in [0.1, 0.15) is 10.7 Å². The number of carbonyl (C=O) groups is 1. The summed E-state index contributed by atoms with van der Waals surface area (Å²) in [5.41, 5.74) is 5.21. The second kappa shape index (κ2) is 8.00. The molecule has 3 aromatic heterocycles. The van der Waals surface area contributed by atoms with Crippen molar-refractivity contribution in [1.82, 2.24) is 20.3 Å². The molecule has 0 spiro atoms. The second-order valence-corrected chi connectivity index (χ2v) is 9.11. The van der Waals surface area contributed by atoms with Gasteiger partial charge < -0.3 is 5.32 Å². The summed E-state index contributed by atoms with van der Waals surface area (Å²) in [5, 5.41) is 7.19. The maximum Gasteiger partial charge on any atom is 0.261 e. The van der Waals surface area contributed by atoms with Gasteiger partial charge in [-0.3, -0.25) is 4.79 Å². The highest BCUT2D eigenvalue weighted by Gasteiger charge is 2.18. The van der Waals surface area contributed by atoms with Crippen molar-refractivity contribution >= 4 is 38.8 Å². The van der Waals surface area contributed by atoms with Crippen LogP contribution < -0.4 is 5.32 Å². The van der Waals surface area contributed by atoms with Crippen molar-refractivity contribution in [3.63, 3.8) is 0 Å². The van der Waals surface area contributed by atoms with Gasteiger partial charge in [0.15, 0.2) is 0 Å². The number of aromatic nitrogens is 3. The molecule has 1 N–H and O–H groups in total. The van der Waals surface area contributed by atoms with Crippen LogP contribution in [-0.4, -0.2) is 27.4 Å². The molecule has 3 heterocycles. The summed E-state index contributed by atoms with van der Waals surface area (Å²) < 4.78 is 0. The lowest BCUT2D eigenvalue weighted by molar-refractivity contribution is 0.0957. The SMILES string of the molecule is Cc1nc(C)c2c(C)c(C(=O)NCCc3ccc(-c4csc(C)n4)cc3)sc2n1. The number of fused-ring (bicyclic) bond motifs is 1. The molecule has 1 aromatic carbocycles. The zero-order valence-corrected chi connectivity index (χ0v) is 18.5. The number of nitrogens with one attached hydrogen (secondary N) is 1. The van der Waals surface area contributed by atoms with Gasteiger partial charge in [0.25, 0.3) is 5.91 Å². The van der Waals surface area contributed by atoms with Crippen molar-refractivity contribution in [3.8, 4) is 11.3 Å². The predicted octanol–water partition coefficient (Wildman–Crippen LogP) is 5.02. The first-order valence-electron chi connectivity index (χ1n) is 9.46. The van der Waals surface area contributed by atoms with Crippen LogP contribution in [0.2, 0.25) is 0 Å². The summed E-state index contributed by atoms with van der Waals surface area (Å²) in [6.07, 6.45) is 0.782. The van der Waals surface area contributed by atoms with Gasteiger partial charge in [0.05, 0.1) is 15.6 Å². The molecule has 4 aromatic rings. The molecule has 0 aliphatic heterocycles. The van der Waals surface area contributed by atoms with E-state index in [1.165, 1.54) is 16.9 Å². The number of amides is 1. The van der Waals surface area contributed by atoms with E-state index in [2.05, 4.69) is 49.9 Å². The lowest BCUT2D eigenvalue weighted by Crippen LogP contribution is -2.25. The molecule has 7 heteroatoms. The van der Waals surface area contributed by atoms with E-state index >= 15 is 0 Å². The van der Waals surface area contributed by atoms with Crippen molar-refractivity contribution < 1.29 is 4.79 Å². The summed E-state index contributed by atoms with van der Waals surface area (Å²) in [4.78, 5) is 27.7. The average molecular weight is 423 g/mol. The van der Waals surface area contributed by atoms with E-state index in [0.717, 1.165) is 54.9 Å². The van der Waals surface area contributed by atoms with E-state index < -0.39 is 0 Å². The van der Waals surface area contributed by atoms with E-state index in [4.69, 9.17) is 0 Å². The predicted molar refractivity (Wildman–Crippen MR) is 120 cm³/mol. The molecule has 0 radical (unpaired) electrons. The Bertz CT molecular complexity index is 1190. The van der Waals surface area contributed by atoms with Crippen LogP contribution in [0.3, 0.4) is 0 Å².